The molecular weight excluding hydrogens is 290 g/mol. The first-order chi connectivity index (χ1) is 11.2. The molecule has 1 amide bonds. The average Bonchev–Trinajstić information content (AvgIpc) is 2.58. The smallest absolute Gasteiger partial charge is 0.227 e. The number of aliphatic hydroxyl groups is 1. The number of carbonyl (C=O) groups excluding carboxylic acids is 1. The highest BCUT2D eigenvalue weighted by Gasteiger charge is 2.25. The summed E-state index contributed by atoms with van der Waals surface area (Å²) in [5, 5.41) is 12.4. The van der Waals surface area contributed by atoms with Crippen molar-refractivity contribution in [1.82, 2.24) is 0 Å². The van der Waals surface area contributed by atoms with Crippen molar-refractivity contribution in [3.05, 3.63) is 54.6 Å². The van der Waals surface area contributed by atoms with Crippen molar-refractivity contribution in [2.24, 2.45) is 5.92 Å². The van der Waals surface area contributed by atoms with Crippen LogP contribution in [0, 0.1) is 5.92 Å². The summed E-state index contributed by atoms with van der Waals surface area (Å²) in [5.41, 5.74) is 0.765. The van der Waals surface area contributed by atoms with Gasteiger partial charge in [0, 0.05) is 11.6 Å². The van der Waals surface area contributed by atoms with Crippen molar-refractivity contribution in [2.75, 3.05) is 5.32 Å². The van der Waals surface area contributed by atoms with Gasteiger partial charge >= 0.3 is 0 Å². The van der Waals surface area contributed by atoms with Crippen LogP contribution in [0.2, 0.25) is 0 Å². The van der Waals surface area contributed by atoms with E-state index in [2.05, 4.69) is 5.32 Å². The molecule has 1 saturated carbocycles. The molecule has 0 aromatic heterocycles. The van der Waals surface area contributed by atoms with Crippen LogP contribution in [0.1, 0.15) is 25.7 Å². The summed E-state index contributed by atoms with van der Waals surface area (Å²) in [7, 11) is 0. The van der Waals surface area contributed by atoms with E-state index in [1.807, 2.05) is 54.6 Å². The second-order valence-electron chi connectivity index (χ2n) is 5.93. The summed E-state index contributed by atoms with van der Waals surface area (Å²) >= 11 is 0. The molecule has 1 aliphatic rings. The molecule has 0 heterocycles. The Bertz CT molecular complexity index is 631. The van der Waals surface area contributed by atoms with E-state index in [1.54, 1.807) is 0 Å². The molecule has 23 heavy (non-hydrogen) atoms. The minimum atomic E-state index is -0.242. The topological polar surface area (TPSA) is 58.6 Å². The predicted octanol–water partition coefficient (Wildman–Crippen LogP) is 3.97. The molecule has 3 rings (SSSR count). The number of aliphatic hydroxyl groups excluding tert-OH is 1. The monoisotopic (exact) mass is 311 g/mol. The van der Waals surface area contributed by atoms with E-state index in [1.165, 1.54) is 0 Å². The number of anilines is 1. The lowest BCUT2D eigenvalue weighted by atomic mass is 9.87. The Morgan fingerprint density at radius 2 is 1.52 bits per heavy atom. The van der Waals surface area contributed by atoms with Gasteiger partial charge in [-0.05, 0) is 62.1 Å². The van der Waals surface area contributed by atoms with Crippen LogP contribution < -0.4 is 10.1 Å². The third-order valence-electron chi connectivity index (χ3n) is 4.17. The highest BCUT2D eigenvalue weighted by atomic mass is 16.5. The zero-order chi connectivity index (χ0) is 16.1. The summed E-state index contributed by atoms with van der Waals surface area (Å²) in [4.78, 5) is 12.2. The van der Waals surface area contributed by atoms with Crippen LogP contribution in [0.5, 0.6) is 11.5 Å². The van der Waals surface area contributed by atoms with Gasteiger partial charge in [0.25, 0.3) is 0 Å². The Hall–Kier alpha value is -2.33. The van der Waals surface area contributed by atoms with Crippen LogP contribution in [-0.4, -0.2) is 17.1 Å². The van der Waals surface area contributed by atoms with E-state index in [0.29, 0.717) is 12.8 Å². The number of amides is 1. The summed E-state index contributed by atoms with van der Waals surface area (Å²) in [6, 6.07) is 16.9. The molecule has 1 fully saturated rings. The lowest BCUT2D eigenvalue weighted by Gasteiger charge is -2.24. The Morgan fingerprint density at radius 3 is 2.17 bits per heavy atom. The quantitative estimate of drug-likeness (QED) is 0.898. The molecule has 2 N–H and O–H groups in total. The number of hydrogen-bond acceptors (Lipinski definition) is 3. The number of benzene rings is 2. The predicted molar refractivity (Wildman–Crippen MR) is 89.6 cm³/mol. The average molecular weight is 311 g/mol. The molecule has 1 aliphatic carbocycles. The first-order valence-corrected chi connectivity index (χ1v) is 8.02. The van der Waals surface area contributed by atoms with Gasteiger partial charge in [-0.2, -0.15) is 0 Å². The third kappa shape index (κ3) is 4.33. The zero-order valence-electron chi connectivity index (χ0n) is 12.9. The SMILES string of the molecule is O=C(Nc1ccc(Oc2ccccc2)cc1)C1CCC(O)CC1. The fourth-order valence-electron chi connectivity index (χ4n) is 2.81. The molecule has 0 saturated heterocycles. The van der Waals surface area contributed by atoms with Gasteiger partial charge in [-0.1, -0.05) is 18.2 Å². The molecule has 0 unspecified atom stereocenters. The van der Waals surface area contributed by atoms with Gasteiger partial charge in [-0.15, -0.1) is 0 Å². The Balaban J connectivity index is 1.56. The lowest BCUT2D eigenvalue weighted by molar-refractivity contribution is -0.121. The summed E-state index contributed by atoms with van der Waals surface area (Å²) in [6.07, 6.45) is 2.68. The molecule has 4 nitrogen and oxygen atoms in total. The molecule has 0 spiro atoms. The highest BCUT2D eigenvalue weighted by molar-refractivity contribution is 5.92. The van der Waals surface area contributed by atoms with Crippen molar-refractivity contribution in [3.8, 4) is 11.5 Å². The van der Waals surface area contributed by atoms with Gasteiger partial charge < -0.3 is 15.2 Å². The highest BCUT2D eigenvalue weighted by Crippen LogP contribution is 2.26. The summed E-state index contributed by atoms with van der Waals surface area (Å²) in [5.74, 6) is 1.55. The second-order valence-corrected chi connectivity index (χ2v) is 5.93. The Kier molecular flexibility index (Phi) is 4.93. The van der Waals surface area contributed by atoms with E-state index in [9.17, 15) is 9.90 Å². The minimum absolute atomic E-state index is 0.00125. The molecule has 0 atom stereocenters. The van der Waals surface area contributed by atoms with Crippen molar-refractivity contribution in [1.29, 1.82) is 0 Å². The first kappa shape index (κ1) is 15.6. The standard InChI is InChI=1S/C19H21NO3/c21-16-10-6-14(7-11-16)19(22)20-15-8-12-18(13-9-15)23-17-4-2-1-3-5-17/h1-5,8-9,12-14,16,21H,6-7,10-11H2,(H,20,22). The van der Waals surface area contributed by atoms with Gasteiger partial charge in [-0.3, -0.25) is 4.79 Å². The number of rotatable bonds is 4. The van der Waals surface area contributed by atoms with Crippen molar-refractivity contribution >= 4 is 11.6 Å². The van der Waals surface area contributed by atoms with Crippen molar-refractivity contribution in [2.45, 2.75) is 31.8 Å². The van der Waals surface area contributed by atoms with Crippen LogP contribution in [0.15, 0.2) is 54.6 Å². The lowest BCUT2D eigenvalue weighted by Crippen LogP contribution is -2.28. The van der Waals surface area contributed by atoms with Crippen molar-refractivity contribution < 1.29 is 14.6 Å². The van der Waals surface area contributed by atoms with Crippen LogP contribution in [0.25, 0.3) is 0 Å². The number of carbonyl (C=O) groups is 1. The molecular formula is C19H21NO3. The van der Waals surface area contributed by atoms with Crippen molar-refractivity contribution in [3.63, 3.8) is 0 Å². The first-order valence-electron chi connectivity index (χ1n) is 8.02. The molecule has 0 radical (unpaired) electrons. The second kappa shape index (κ2) is 7.29. The summed E-state index contributed by atoms with van der Waals surface area (Å²) in [6.45, 7) is 0. The third-order valence-corrected chi connectivity index (χ3v) is 4.17. The molecule has 2 aromatic carbocycles. The molecule has 0 aliphatic heterocycles. The molecule has 4 heteroatoms. The van der Waals surface area contributed by atoms with E-state index >= 15 is 0 Å². The molecule has 2 aromatic rings. The maximum atomic E-state index is 12.2. The largest absolute Gasteiger partial charge is 0.457 e. The van der Waals surface area contributed by atoms with Gasteiger partial charge in [0.2, 0.25) is 5.91 Å². The van der Waals surface area contributed by atoms with E-state index < -0.39 is 0 Å². The number of nitrogens with one attached hydrogen (secondary N) is 1. The van der Waals surface area contributed by atoms with Gasteiger partial charge in [-0.25, -0.2) is 0 Å². The van der Waals surface area contributed by atoms with E-state index in [4.69, 9.17) is 4.74 Å². The van der Waals surface area contributed by atoms with Gasteiger partial charge in [0.05, 0.1) is 6.10 Å². The fraction of sp³-hybridized carbons (Fsp3) is 0.316. The number of para-hydroxylation sites is 1. The number of ether oxygens (including phenoxy) is 1. The van der Waals surface area contributed by atoms with E-state index in [-0.39, 0.29) is 17.9 Å². The fourth-order valence-corrected chi connectivity index (χ4v) is 2.81. The van der Waals surface area contributed by atoms with Crippen LogP contribution in [-0.2, 0) is 4.79 Å². The Morgan fingerprint density at radius 1 is 0.913 bits per heavy atom. The van der Waals surface area contributed by atoms with Crippen LogP contribution in [0.3, 0.4) is 0 Å². The molecule has 120 valence electrons. The maximum Gasteiger partial charge on any atom is 0.227 e. The Labute approximate surface area is 136 Å². The molecule has 0 bridgehead atoms. The van der Waals surface area contributed by atoms with Crippen LogP contribution >= 0.6 is 0 Å². The van der Waals surface area contributed by atoms with E-state index in [0.717, 1.165) is 30.0 Å². The maximum absolute atomic E-state index is 12.2. The summed E-state index contributed by atoms with van der Waals surface area (Å²) < 4.78 is 5.73. The van der Waals surface area contributed by atoms with Gasteiger partial charge in [0.1, 0.15) is 11.5 Å². The number of hydrogen-bond donors (Lipinski definition) is 2. The minimum Gasteiger partial charge on any atom is -0.457 e. The van der Waals surface area contributed by atoms with Crippen LogP contribution in [0.4, 0.5) is 5.69 Å². The zero-order valence-corrected chi connectivity index (χ0v) is 12.9. The van der Waals surface area contributed by atoms with Gasteiger partial charge in [0.15, 0.2) is 0 Å². The normalized spacial score (nSPS) is 20.7.